The fourth-order valence-electron chi connectivity index (χ4n) is 2.57. The number of nitrogens with zero attached hydrogens (tertiary/aromatic N) is 1. The highest BCUT2D eigenvalue weighted by Gasteiger charge is 2.12. The zero-order valence-corrected chi connectivity index (χ0v) is 17.8. The van der Waals surface area contributed by atoms with E-state index in [1.165, 1.54) is 6.21 Å². The lowest BCUT2D eigenvalue weighted by molar-refractivity contribution is -0.123. The Labute approximate surface area is 185 Å². The van der Waals surface area contributed by atoms with E-state index in [4.69, 9.17) is 21.1 Å². The minimum absolute atomic E-state index is 0.142. The molecule has 0 fully saturated rings. The minimum Gasteiger partial charge on any atom is -0.484 e. The van der Waals surface area contributed by atoms with E-state index in [2.05, 4.69) is 10.5 Å². The molecule has 3 aromatic carbocycles. The molecule has 0 atom stereocenters. The number of hydrogen-bond donors (Lipinski definition) is 1. The van der Waals surface area contributed by atoms with Gasteiger partial charge in [-0.3, -0.25) is 4.79 Å². The number of amides is 1. The standard InChI is InChI=1S/C24H21ClN2O4/c1-16-7-10-20(13-17(16)2)30-15-23(28)27-26-14-18-8-11-19(12-9-18)31-24(29)21-5-3-4-6-22(21)25/h3-14H,15H2,1-2H3,(H,27,28). The molecule has 0 heterocycles. The van der Waals surface area contributed by atoms with Crippen molar-refractivity contribution in [2.45, 2.75) is 13.8 Å². The number of carbonyl (C=O) groups is 2. The Hall–Kier alpha value is -3.64. The number of hydrogen-bond acceptors (Lipinski definition) is 5. The molecule has 0 bridgehead atoms. The number of esters is 1. The fourth-order valence-corrected chi connectivity index (χ4v) is 2.79. The lowest BCUT2D eigenvalue weighted by Crippen LogP contribution is -2.24. The van der Waals surface area contributed by atoms with Gasteiger partial charge in [-0.15, -0.1) is 0 Å². The van der Waals surface area contributed by atoms with Crippen molar-refractivity contribution < 1.29 is 19.1 Å². The number of nitrogens with one attached hydrogen (secondary N) is 1. The zero-order chi connectivity index (χ0) is 22.2. The number of rotatable bonds is 7. The molecule has 1 amide bonds. The maximum Gasteiger partial charge on any atom is 0.345 e. The Balaban J connectivity index is 1.47. The van der Waals surface area contributed by atoms with Crippen molar-refractivity contribution in [2.75, 3.05) is 6.61 Å². The van der Waals surface area contributed by atoms with Crippen molar-refractivity contribution in [3.8, 4) is 11.5 Å². The van der Waals surface area contributed by atoms with E-state index in [1.54, 1.807) is 48.5 Å². The summed E-state index contributed by atoms with van der Waals surface area (Å²) in [6, 6.07) is 19.0. The molecule has 0 saturated carbocycles. The highest BCUT2D eigenvalue weighted by Crippen LogP contribution is 2.19. The summed E-state index contributed by atoms with van der Waals surface area (Å²) in [5.41, 5.74) is 5.67. The summed E-state index contributed by atoms with van der Waals surface area (Å²) in [5.74, 6) is 0.0832. The quantitative estimate of drug-likeness (QED) is 0.252. The summed E-state index contributed by atoms with van der Waals surface area (Å²) in [6.45, 7) is 3.85. The van der Waals surface area contributed by atoms with E-state index in [0.717, 1.165) is 11.1 Å². The first-order chi connectivity index (χ1) is 14.9. The van der Waals surface area contributed by atoms with Crippen molar-refractivity contribution in [2.24, 2.45) is 5.10 Å². The predicted molar refractivity (Wildman–Crippen MR) is 120 cm³/mol. The molecule has 0 spiro atoms. The first-order valence-corrected chi connectivity index (χ1v) is 9.89. The van der Waals surface area contributed by atoms with Crippen LogP contribution in [0.5, 0.6) is 11.5 Å². The summed E-state index contributed by atoms with van der Waals surface area (Å²) >= 11 is 6.00. The molecule has 0 aliphatic heterocycles. The molecule has 0 aromatic heterocycles. The molecule has 0 radical (unpaired) electrons. The first-order valence-electron chi connectivity index (χ1n) is 9.51. The van der Waals surface area contributed by atoms with Crippen LogP contribution in [0.1, 0.15) is 27.0 Å². The number of ether oxygens (including phenoxy) is 2. The molecule has 6 nitrogen and oxygen atoms in total. The van der Waals surface area contributed by atoms with Gasteiger partial charge in [-0.05, 0) is 79.1 Å². The lowest BCUT2D eigenvalue weighted by Gasteiger charge is -2.07. The first kappa shape index (κ1) is 22.1. The molecule has 0 unspecified atom stereocenters. The third-order valence-electron chi connectivity index (χ3n) is 4.44. The van der Waals surface area contributed by atoms with Gasteiger partial charge < -0.3 is 9.47 Å². The SMILES string of the molecule is Cc1ccc(OCC(=O)NN=Cc2ccc(OC(=O)c3ccccc3Cl)cc2)cc1C. The van der Waals surface area contributed by atoms with Crippen LogP contribution >= 0.6 is 11.6 Å². The van der Waals surface area contributed by atoms with E-state index in [1.807, 2.05) is 32.0 Å². The molecule has 158 valence electrons. The van der Waals surface area contributed by atoms with Crippen LogP contribution in [0.2, 0.25) is 5.02 Å². The summed E-state index contributed by atoms with van der Waals surface area (Å²) in [4.78, 5) is 24.1. The van der Waals surface area contributed by atoms with Crippen LogP contribution in [0, 0.1) is 13.8 Å². The Morgan fingerprint density at radius 1 is 0.968 bits per heavy atom. The molecular formula is C24H21ClN2O4. The molecule has 31 heavy (non-hydrogen) atoms. The van der Waals surface area contributed by atoms with Crippen LogP contribution in [0.4, 0.5) is 0 Å². The van der Waals surface area contributed by atoms with Gasteiger partial charge in [0.15, 0.2) is 6.61 Å². The average Bonchev–Trinajstić information content (AvgIpc) is 2.76. The highest BCUT2D eigenvalue weighted by atomic mass is 35.5. The van der Waals surface area contributed by atoms with Gasteiger partial charge in [0, 0.05) is 0 Å². The van der Waals surface area contributed by atoms with Crippen molar-refractivity contribution in [3.63, 3.8) is 0 Å². The van der Waals surface area contributed by atoms with E-state index in [-0.39, 0.29) is 12.5 Å². The van der Waals surface area contributed by atoms with Crippen LogP contribution < -0.4 is 14.9 Å². The molecule has 0 aliphatic carbocycles. The van der Waals surface area contributed by atoms with Crippen molar-refractivity contribution >= 4 is 29.7 Å². The Morgan fingerprint density at radius 3 is 2.39 bits per heavy atom. The normalized spacial score (nSPS) is 10.7. The molecule has 3 aromatic rings. The molecular weight excluding hydrogens is 416 g/mol. The summed E-state index contributed by atoms with van der Waals surface area (Å²) in [7, 11) is 0. The van der Waals surface area contributed by atoms with Gasteiger partial charge in [0.25, 0.3) is 5.91 Å². The van der Waals surface area contributed by atoms with E-state index < -0.39 is 5.97 Å². The molecule has 3 rings (SSSR count). The zero-order valence-electron chi connectivity index (χ0n) is 17.1. The van der Waals surface area contributed by atoms with E-state index >= 15 is 0 Å². The van der Waals surface area contributed by atoms with Crippen LogP contribution in [0.3, 0.4) is 0 Å². The van der Waals surface area contributed by atoms with Gasteiger partial charge in [-0.2, -0.15) is 5.10 Å². The van der Waals surface area contributed by atoms with Gasteiger partial charge in [0.1, 0.15) is 11.5 Å². The monoisotopic (exact) mass is 436 g/mol. The topological polar surface area (TPSA) is 77.0 Å². The summed E-state index contributed by atoms with van der Waals surface area (Å²) in [5, 5.41) is 4.23. The summed E-state index contributed by atoms with van der Waals surface area (Å²) in [6.07, 6.45) is 1.48. The maximum absolute atomic E-state index is 12.2. The maximum atomic E-state index is 12.2. The third kappa shape index (κ3) is 6.42. The number of hydrazone groups is 1. The number of benzene rings is 3. The van der Waals surface area contributed by atoms with E-state index in [9.17, 15) is 9.59 Å². The van der Waals surface area contributed by atoms with Crippen LogP contribution in [-0.4, -0.2) is 24.7 Å². The second kappa shape index (κ2) is 10.4. The lowest BCUT2D eigenvalue weighted by atomic mass is 10.1. The average molecular weight is 437 g/mol. The summed E-state index contributed by atoms with van der Waals surface area (Å²) < 4.78 is 10.8. The van der Waals surface area contributed by atoms with Crippen LogP contribution in [0.15, 0.2) is 71.8 Å². The molecule has 1 N–H and O–H groups in total. The number of aryl methyl sites for hydroxylation is 2. The number of carbonyl (C=O) groups excluding carboxylic acids is 2. The van der Waals surface area contributed by atoms with Gasteiger partial charge in [-0.1, -0.05) is 29.8 Å². The van der Waals surface area contributed by atoms with Crippen molar-refractivity contribution in [3.05, 3.63) is 94.0 Å². The van der Waals surface area contributed by atoms with Gasteiger partial charge >= 0.3 is 5.97 Å². The van der Waals surface area contributed by atoms with Gasteiger partial charge in [-0.25, -0.2) is 10.2 Å². The highest BCUT2D eigenvalue weighted by molar-refractivity contribution is 6.33. The van der Waals surface area contributed by atoms with Crippen LogP contribution in [0.25, 0.3) is 0 Å². The third-order valence-corrected chi connectivity index (χ3v) is 4.77. The molecule has 0 saturated heterocycles. The second-order valence-electron chi connectivity index (χ2n) is 6.77. The fraction of sp³-hybridized carbons (Fsp3) is 0.125. The van der Waals surface area contributed by atoms with Crippen LogP contribution in [-0.2, 0) is 4.79 Å². The van der Waals surface area contributed by atoms with E-state index in [0.29, 0.717) is 27.6 Å². The van der Waals surface area contributed by atoms with Crippen molar-refractivity contribution in [1.29, 1.82) is 0 Å². The van der Waals surface area contributed by atoms with Crippen molar-refractivity contribution in [1.82, 2.24) is 5.43 Å². The molecule has 0 aliphatic rings. The molecule has 7 heteroatoms. The Bertz CT molecular complexity index is 1110. The Morgan fingerprint density at radius 2 is 1.68 bits per heavy atom. The Kier molecular flexibility index (Phi) is 7.40. The minimum atomic E-state index is -0.539. The van der Waals surface area contributed by atoms with Gasteiger partial charge in [0.05, 0.1) is 16.8 Å². The second-order valence-corrected chi connectivity index (χ2v) is 7.17. The predicted octanol–water partition coefficient (Wildman–Crippen LogP) is 4.71. The van der Waals surface area contributed by atoms with Gasteiger partial charge in [0.2, 0.25) is 0 Å². The largest absolute Gasteiger partial charge is 0.484 e. The smallest absolute Gasteiger partial charge is 0.345 e. The number of halogens is 1.